The molecule has 2 aromatic rings. The average molecular weight is 413 g/mol. The predicted molar refractivity (Wildman–Crippen MR) is 113 cm³/mol. The zero-order valence-corrected chi connectivity index (χ0v) is 17.0. The summed E-state index contributed by atoms with van der Waals surface area (Å²) in [6.45, 7) is 4.78. The van der Waals surface area contributed by atoms with E-state index in [-0.39, 0.29) is 6.04 Å². The van der Waals surface area contributed by atoms with Gasteiger partial charge in [0.1, 0.15) is 0 Å². The lowest BCUT2D eigenvalue weighted by atomic mass is 9.70. The van der Waals surface area contributed by atoms with Gasteiger partial charge in [-0.05, 0) is 60.9 Å². The maximum absolute atomic E-state index is 12.5. The topological polar surface area (TPSA) is 84.7 Å². The Morgan fingerprint density at radius 1 is 1.28 bits per heavy atom. The van der Waals surface area contributed by atoms with E-state index < -0.39 is 11.3 Å². The fraction of sp³-hybridized carbons (Fsp3) is 0.364. The van der Waals surface area contributed by atoms with E-state index in [4.69, 9.17) is 22.1 Å². The van der Waals surface area contributed by atoms with Gasteiger partial charge in [0.05, 0.1) is 24.7 Å². The van der Waals surface area contributed by atoms with Crippen molar-refractivity contribution in [2.24, 2.45) is 11.1 Å². The number of nitrogens with zero attached hydrogens (tertiary/aromatic N) is 1. The molecule has 1 amide bonds. The molecule has 0 saturated carbocycles. The molecule has 2 aromatic carbocycles. The van der Waals surface area contributed by atoms with Gasteiger partial charge in [-0.15, -0.1) is 0 Å². The number of nitrogens with two attached hydrogens (primary N) is 1. The lowest BCUT2D eigenvalue weighted by molar-refractivity contribution is -0.127. The minimum atomic E-state index is -0.887. The number of amides is 1. The van der Waals surface area contributed by atoms with Crippen LogP contribution in [0.5, 0.6) is 0 Å². The molecule has 0 aromatic heterocycles. The predicted octanol–water partition coefficient (Wildman–Crippen LogP) is 2.84. The van der Waals surface area contributed by atoms with Crippen molar-refractivity contribution in [1.29, 1.82) is 0 Å². The molecular formula is C22H23ClN3O3. The molecule has 6 nitrogen and oxygen atoms in total. The molecule has 0 spiro atoms. The summed E-state index contributed by atoms with van der Waals surface area (Å²) in [4.78, 5) is 25.8. The fourth-order valence-corrected chi connectivity index (χ4v) is 4.44. The molecule has 1 saturated heterocycles. The monoisotopic (exact) mass is 412 g/mol. The summed E-state index contributed by atoms with van der Waals surface area (Å²) in [6.07, 6.45) is 2.32. The average Bonchev–Trinajstić information content (AvgIpc) is 2.72. The van der Waals surface area contributed by atoms with Crippen LogP contribution in [0.4, 0.5) is 11.4 Å². The van der Waals surface area contributed by atoms with Gasteiger partial charge in [0.15, 0.2) is 0 Å². The number of rotatable bonds is 4. The molecule has 0 aliphatic carbocycles. The van der Waals surface area contributed by atoms with Crippen LogP contribution < -0.4 is 16.0 Å². The normalized spacial score (nSPS) is 23.8. The van der Waals surface area contributed by atoms with E-state index >= 15 is 0 Å². The smallest absolute Gasteiger partial charge is 0.233 e. The number of carbonyl (C=O) groups is 1. The summed E-state index contributed by atoms with van der Waals surface area (Å²) in [5.41, 5.74) is 9.07. The largest absolute Gasteiger partial charge is 0.378 e. The Balaban J connectivity index is 1.76. The number of morpholine rings is 1. The lowest BCUT2D eigenvalue weighted by Gasteiger charge is -2.42. The van der Waals surface area contributed by atoms with Crippen molar-refractivity contribution < 1.29 is 14.3 Å². The number of benzene rings is 2. The lowest BCUT2D eigenvalue weighted by Crippen LogP contribution is -2.47. The van der Waals surface area contributed by atoms with Crippen molar-refractivity contribution in [3.05, 3.63) is 58.1 Å². The first-order chi connectivity index (χ1) is 13.9. The number of primary amides is 1. The summed E-state index contributed by atoms with van der Waals surface area (Å²) in [5, 5.41) is 4.07. The van der Waals surface area contributed by atoms with E-state index in [9.17, 15) is 9.59 Å². The van der Waals surface area contributed by atoms with Crippen LogP contribution in [0.3, 0.4) is 0 Å². The van der Waals surface area contributed by atoms with Gasteiger partial charge in [-0.25, -0.2) is 0 Å². The zero-order valence-electron chi connectivity index (χ0n) is 16.2. The summed E-state index contributed by atoms with van der Waals surface area (Å²) in [5.74, 6) is -0.408. The van der Waals surface area contributed by atoms with Crippen molar-refractivity contribution >= 4 is 35.2 Å². The van der Waals surface area contributed by atoms with Gasteiger partial charge in [0.2, 0.25) is 12.2 Å². The van der Waals surface area contributed by atoms with Crippen LogP contribution in [-0.4, -0.2) is 38.5 Å². The first kappa shape index (κ1) is 19.7. The number of carbonyl (C=O) groups excluding carboxylic acids is 2. The Kier molecular flexibility index (Phi) is 5.23. The third-order valence-electron chi connectivity index (χ3n) is 5.90. The highest BCUT2D eigenvalue weighted by Crippen LogP contribution is 2.46. The Hall–Kier alpha value is -2.57. The minimum absolute atomic E-state index is 0.350. The van der Waals surface area contributed by atoms with Crippen molar-refractivity contribution in [3.63, 3.8) is 0 Å². The molecular weight excluding hydrogens is 390 g/mol. The highest BCUT2D eigenvalue weighted by molar-refractivity contribution is 6.31. The van der Waals surface area contributed by atoms with Crippen LogP contribution in [0, 0.1) is 5.41 Å². The second-order valence-corrected chi connectivity index (χ2v) is 8.29. The van der Waals surface area contributed by atoms with E-state index in [1.54, 1.807) is 12.1 Å². The van der Waals surface area contributed by atoms with Crippen molar-refractivity contribution in [1.82, 2.24) is 0 Å². The molecule has 151 valence electrons. The van der Waals surface area contributed by atoms with Crippen LogP contribution in [-0.2, 0) is 20.7 Å². The molecule has 2 unspecified atom stereocenters. The number of anilines is 2. The molecule has 29 heavy (non-hydrogen) atoms. The molecule has 2 aliphatic rings. The molecule has 2 aliphatic heterocycles. The minimum Gasteiger partial charge on any atom is -0.378 e. The van der Waals surface area contributed by atoms with Crippen molar-refractivity contribution in [2.45, 2.75) is 19.4 Å². The van der Waals surface area contributed by atoms with Gasteiger partial charge in [-0.1, -0.05) is 11.6 Å². The molecule has 1 radical (unpaired) electrons. The zero-order chi connectivity index (χ0) is 20.6. The number of nitrogens with one attached hydrogen (secondary N) is 1. The van der Waals surface area contributed by atoms with Gasteiger partial charge in [0, 0.05) is 35.1 Å². The van der Waals surface area contributed by atoms with E-state index in [0.717, 1.165) is 35.6 Å². The standard InChI is InChI=1S/C22H23ClN3O3/c1-22(21(24)28)12-16-8-14(13-27)2-3-19(16)25-20(22)15-9-17(23)11-18(10-15)26-4-6-29-7-5-26/h2-3,8-11,20,25H,4-7,12H2,1H3,(H2,24,28). The summed E-state index contributed by atoms with van der Waals surface area (Å²) >= 11 is 6.46. The van der Waals surface area contributed by atoms with Gasteiger partial charge >= 0.3 is 0 Å². The Labute approximate surface area is 175 Å². The third kappa shape index (κ3) is 3.70. The number of ether oxygens (including phenoxy) is 1. The van der Waals surface area contributed by atoms with Gasteiger partial charge < -0.3 is 20.7 Å². The van der Waals surface area contributed by atoms with Gasteiger partial charge in [-0.2, -0.15) is 0 Å². The summed E-state index contributed by atoms with van der Waals surface area (Å²) < 4.78 is 5.44. The molecule has 3 N–H and O–H groups in total. The molecule has 2 heterocycles. The van der Waals surface area contributed by atoms with E-state index in [1.807, 2.05) is 31.4 Å². The Bertz CT molecular complexity index is 958. The van der Waals surface area contributed by atoms with Gasteiger partial charge in [-0.3, -0.25) is 9.59 Å². The van der Waals surface area contributed by atoms with Crippen LogP contribution >= 0.6 is 11.6 Å². The summed E-state index contributed by atoms with van der Waals surface area (Å²) in [7, 11) is 0. The third-order valence-corrected chi connectivity index (χ3v) is 6.11. The quantitative estimate of drug-likeness (QED) is 0.806. The SMILES string of the molecule is CC1(C(N)=O)Cc2cc([C]=O)ccc2NC1c1cc(Cl)cc(N2CCOCC2)c1. The van der Waals surface area contributed by atoms with Gasteiger partial charge in [0.25, 0.3) is 0 Å². The second-order valence-electron chi connectivity index (χ2n) is 7.85. The molecule has 0 bridgehead atoms. The number of fused-ring (bicyclic) bond motifs is 1. The maximum atomic E-state index is 12.5. The van der Waals surface area contributed by atoms with Crippen molar-refractivity contribution in [3.8, 4) is 0 Å². The number of hydrogen-bond donors (Lipinski definition) is 2. The van der Waals surface area contributed by atoms with Crippen LogP contribution in [0.2, 0.25) is 5.02 Å². The van der Waals surface area contributed by atoms with Crippen molar-refractivity contribution in [2.75, 3.05) is 36.5 Å². The highest BCUT2D eigenvalue weighted by Gasteiger charge is 2.44. The molecule has 1 fully saturated rings. The second kappa shape index (κ2) is 7.69. The fourth-order valence-electron chi connectivity index (χ4n) is 4.20. The maximum Gasteiger partial charge on any atom is 0.233 e. The van der Waals surface area contributed by atoms with E-state index in [0.29, 0.717) is 30.2 Å². The highest BCUT2D eigenvalue weighted by atomic mass is 35.5. The number of hydrogen-bond acceptors (Lipinski definition) is 5. The first-order valence-electron chi connectivity index (χ1n) is 9.61. The Morgan fingerprint density at radius 3 is 2.72 bits per heavy atom. The molecule has 7 heteroatoms. The molecule has 4 rings (SSSR count). The Morgan fingerprint density at radius 2 is 2.03 bits per heavy atom. The first-order valence-corrected chi connectivity index (χ1v) is 9.99. The van der Waals surface area contributed by atoms with Crippen LogP contribution in [0.1, 0.15) is 29.7 Å². The van der Waals surface area contributed by atoms with E-state index in [2.05, 4.69) is 16.3 Å². The molecule has 2 atom stereocenters. The summed E-state index contributed by atoms with van der Waals surface area (Å²) in [6, 6.07) is 10.8. The number of halogens is 1. The van der Waals surface area contributed by atoms with Crippen LogP contribution in [0.25, 0.3) is 0 Å². The van der Waals surface area contributed by atoms with Crippen LogP contribution in [0.15, 0.2) is 36.4 Å². The van der Waals surface area contributed by atoms with E-state index in [1.165, 1.54) is 0 Å².